The second-order valence-electron chi connectivity index (χ2n) is 3.43. The highest BCUT2D eigenvalue weighted by Gasteiger charge is 2.04. The van der Waals surface area contributed by atoms with Crippen molar-refractivity contribution < 1.29 is 0 Å². The normalized spacial score (nSPS) is 10.3. The SMILES string of the molecule is CCc1ccc(-c2nc(N)nc(N)n2)cc1. The van der Waals surface area contributed by atoms with Gasteiger partial charge < -0.3 is 11.5 Å². The Morgan fingerprint density at radius 1 is 0.938 bits per heavy atom. The summed E-state index contributed by atoms with van der Waals surface area (Å²) in [4.78, 5) is 11.8. The molecule has 4 N–H and O–H groups in total. The monoisotopic (exact) mass is 215 g/mol. The van der Waals surface area contributed by atoms with Crippen LogP contribution in [-0.2, 0) is 6.42 Å². The Kier molecular flexibility index (Phi) is 2.68. The fourth-order valence-corrected chi connectivity index (χ4v) is 1.43. The van der Waals surface area contributed by atoms with E-state index in [1.165, 1.54) is 5.56 Å². The molecule has 82 valence electrons. The summed E-state index contributed by atoms with van der Waals surface area (Å²) >= 11 is 0. The second kappa shape index (κ2) is 4.14. The lowest BCUT2D eigenvalue weighted by molar-refractivity contribution is 1.08. The zero-order valence-electron chi connectivity index (χ0n) is 9.01. The first-order valence-electron chi connectivity index (χ1n) is 5.05. The van der Waals surface area contributed by atoms with E-state index in [2.05, 4.69) is 21.9 Å². The van der Waals surface area contributed by atoms with E-state index in [9.17, 15) is 0 Å². The molecule has 0 aliphatic heterocycles. The third kappa shape index (κ3) is 2.08. The first-order valence-corrected chi connectivity index (χ1v) is 5.05. The van der Waals surface area contributed by atoms with Crippen molar-refractivity contribution in [2.45, 2.75) is 13.3 Å². The van der Waals surface area contributed by atoms with Gasteiger partial charge in [0.2, 0.25) is 11.9 Å². The first-order chi connectivity index (χ1) is 7.69. The third-order valence-electron chi connectivity index (χ3n) is 2.29. The molecule has 2 rings (SSSR count). The summed E-state index contributed by atoms with van der Waals surface area (Å²) in [5.41, 5.74) is 13.2. The predicted molar refractivity (Wildman–Crippen MR) is 63.5 cm³/mol. The van der Waals surface area contributed by atoms with E-state index in [0.717, 1.165) is 12.0 Å². The first kappa shape index (κ1) is 10.4. The molecule has 1 aromatic heterocycles. The van der Waals surface area contributed by atoms with E-state index in [1.807, 2.05) is 24.3 Å². The molecular formula is C11H13N5. The van der Waals surface area contributed by atoms with Crippen LogP contribution in [0.25, 0.3) is 11.4 Å². The summed E-state index contributed by atoms with van der Waals surface area (Å²) in [6, 6.07) is 7.97. The molecule has 5 nitrogen and oxygen atoms in total. The molecule has 0 bridgehead atoms. The Labute approximate surface area is 93.6 Å². The van der Waals surface area contributed by atoms with Crippen molar-refractivity contribution in [2.75, 3.05) is 11.5 Å². The minimum Gasteiger partial charge on any atom is -0.368 e. The molecule has 0 aliphatic rings. The van der Waals surface area contributed by atoms with E-state index < -0.39 is 0 Å². The number of rotatable bonds is 2. The summed E-state index contributed by atoms with van der Waals surface area (Å²) in [6.45, 7) is 2.11. The van der Waals surface area contributed by atoms with E-state index in [-0.39, 0.29) is 11.9 Å². The molecule has 0 fully saturated rings. The van der Waals surface area contributed by atoms with Crippen molar-refractivity contribution in [1.29, 1.82) is 0 Å². The molecule has 0 unspecified atom stereocenters. The largest absolute Gasteiger partial charge is 0.368 e. The Morgan fingerprint density at radius 2 is 1.50 bits per heavy atom. The van der Waals surface area contributed by atoms with Gasteiger partial charge in [0.1, 0.15) is 0 Å². The van der Waals surface area contributed by atoms with Crippen molar-refractivity contribution in [3.8, 4) is 11.4 Å². The van der Waals surface area contributed by atoms with E-state index in [1.54, 1.807) is 0 Å². The van der Waals surface area contributed by atoms with Gasteiger partial charge in [0.25, 0.3) is 0 Å². The van der Waals surface area contributed by atoms with Crippen LogP contribution in [0.3, 0.4) is 0 Å². The average Bonchev–Trinajstić information content (AvgIpc) is 2.28. The number of benzene rings is 1. The topological polar surface area (TPSA) is 90.7 Å². The molecule has 0 atom stereocenters. The van der Waals surface area contributed by atoms with Crippen molar-refractivity contribution in [3.05, 3.63) is 29.8 Å². The number of aryl methyl sites for hydroxylation is 1. The Balaban J connectivity index is 2.42. The molecule has 0 radical (unpaired) electrons. The highest BCUT2D eigenvalue weighted by Crippen LogP contribution is 2.17. The maximum absolute atomic E-state index is 5.51. The highest BCUT2D eigenvalue weighted by molar-refractivity contribution is 5.57. The van der Waals surface area contributed by atoms with Gasteiger partial charge in [0, 0.05) is 5.56 Å². The van der Waals surface area contributed by atoms with Crippen molar-refractivity contribution in [1.82, 2.24) is 15.0 Å². The van der Waals surface area contributed by atoms with Crippen LogP contribution in [0.2, 0.25) is 0 Å². The fourth-order valence-electron chi connectivity index (χ4n) is 1.43. The zero-order chi connectivity index (χ0) is 11.5. The lowest BCUT2D eigenvalue weighted by Gasteiger charge is -2.03. The Bertz CT molecular complexity index is 472. The van der Waals surface area contributed by atoms with E-state index in [0.29, 0.717) is 5.82 Å². The number of nitrogens with zero attached hydrogens (tertiary/aromatic N) is 3. The fraction of sp³-hybridized carbons (Fsp3) is 0.182. The number of nitrogens with two attached hydrogens (primary N) is 2. The second-order valence-corrected chi connectivity index (χ2v) is 3.43. The Morgan fingerprint density at radius 3 is 2.00 bits per heavy atom. The summed E-state index contributed by atoms with van der Waals surface area (Å²) < 4.78 is 0. The number of aromatic nitrogens is 3. The number of hydrogen-bond acceptors (Lipinski definition) is 5. The molecule has 1 aromatic carbocycles. The van der Waals surface area contributed by atoms with Crippen LogP contribution in [0.1, 0.15) is 12.5 Å². The summed E-state index contributed by atoms with van der Waals surface area (Å²) in [7, 11) is 0. The van der Waals surface area contributed by atoms with E-state index in [4.69, 9.17) is 11.5 Å². The van der Waals surface area contributed by atoms with Gasteiger partial charge in [-0.2, -0.15) is 15.0 Å². The van der Waals surface area contributed by atoms with Crippen LogP contribution in [0, 0.1) is 0 Å². The van der Waals surface area contributed by atoms with Crippen LogP contribution in [-0.4, -0.2) is 15.0 Å². The molecule has 0 saturated carbocycles. The van der Waals surface area contributed by atoms with Gasteiger partial charge in [-0.05, 0) is 12.0 Å². The van der Waals surface area contributed by atoms with Gasteiger partial charge >= 0.3 is 0 Å². The molecular weight excluding hydrogens is 202 g/mol. The molecule has 2 aromatic rings. The van der Waals surface area contributed by atoms with Gasteiger partial charge in [-0.3, -0.25) is 0 Å². The van der Waals surface area contributed by atoms with Crippen molar-refractivity contribution >= 4 is 11.9 Å². The van der Waals surface area contributed by atoms with Crippen LogP contribution in [0.5, 0.6) is 0 Å². The number of hydrogen-bond donors (Lipinski definition) is 2. The molecule has 5 heteroatoms. The average molecular weight is 215 g/mol. The van der Waals surface area contributed by atoms with Gasteiger partial charge in [-0.1, -0.05) is 31.2 Å². The van der Waals surface area contributed by atoms with Crippen LogP contribution in [0.4, 0.5) is 11.9 Å². The van der Waals surface area contributed by atoms with Gasteiger partial charge in [-0.15, -0.1) is 0 Å². The zero-order valence-corrected chi connectivity index (χ0v) is 9.01. The number of nitrogen functional groups attached to an aromatic ring is 2. The Hall–Kier alpha value is -2.17. The minimum atomic E-state index is 0.141. The summed E-state index contributed by atoms with van der Waals surface area (Å²) in [5, 5.41) is 0. The lowest BCUT2D eigenvalue weighted by Crippen LogP contribution is -2.04. The van der Waals surface area contributed by atoms with E-state index >= 15 is 0 Å². The van der Waals surface area contributed by atoms with Crippen LogP contribution >= 0.6 is 0 Å². The molecule has 0 amide bonds. The van der Waals surface area contributed by atoms with Crippen LogP contribution < -0.4 is 11.5 Å². The number of anilines is 2. The standard InChI is InChI=1S/C11H13N5/c1-2-7-3-5-8(6-4-7)9-14-10(12)16-11(13)15-9/h3-6H,2H2,1H3,(H4,12,13,14,15,16). The van der Waals surface area contributed by atoms with Crippen LogP contribution in [0.15, 0.2) is 24.3 Å². The third-order valence-corrected chi connectivity index (χ3v) is 2.29. The summed E-state index contributed by atoms with van der Waals surface area (Å²) in [6.07, 6.45) is 1.00. The van der Waals surface area contributed by atoms with Gasteiger partial charge in [-0.25, -0.2) is 0 Å². The summed E-state index contributed by atoms with van der Waals surface area (Å²) in [5.74, 6) is 0.789. The van der Waals surface area contributed by atoms with Crippen molar-refractivity contribution in [2.24, 2.45) is 0 Å². The molecule has 0 aliphatic carbocycles. The van der Waals surface area contributed by atoms with Gasteiger partial charge in [0.15, 0.2) is 5.82 Å². The quantitative estimate of drug-likeness (QED) is 0.787. The molecule has 1 heterocycles. The highest BCUT2D eigenvalue weighted by atomic mass is 15.1. The lowest BCUT2D eigenvalue weighted by atomic mass is 10.1. The molecule has 0 saturated heterocycles. The predicted octanol–water partition coefficient (Wildman–Crippen LogP) is 1.27. The maximum atomic E-state index is 5.51. The smallest absolute Gasteiger partial charge is 0.225 e. The van der Waals surface area contributed by atoms with Crippen molar-refractivity contribution in [3.63, 3.8) is 0 Å². The minimum absolute atomic E-state index is 0.141. The molecule has 16 heavy (non-hydrogen) atoms. The maximum Gasteiger partial charge on any atom is 0.225 e. The molecule has 0 spiro atoms. The van der Waals surface area contributed by atoms with Gasteiger partial charge in [0.05, 0.1) is 0 Å².